The Morgan fingerprint density at radius 2 is 2.22 bits per heavy atom. The summed E-state index contributed by atoms with van der Waals surface area (Å²) in [4.78, 5) is 18.5. The minimum absolute atomic E-state index is 0.0353. The average molecular weight is 250 g/mol. The summed E-state index contributed by atoms with van der Waals surface area (Å²) < 4.78 is 0. The van der Waals surface area contributed by atoms with Crippen LogP contribution >= 0.6 is 0 Å². The van der Waals surface area contributed by atoms with Crippen molar-refractivity contribution in [1.29, 1.82) is 0 Å². The average Bonchev–Trinajstić information content (AvgIpc) is 3.01. The van der Waals surface area contributed by atoms with E-state index in [2.05, 4.69) is 22.1 Å². The molecule has 0 bridgehead atoms. The molecule has 2 rings (SSSR count). The number of nitrogens with one attached hydrogen (secondary N) is 1. The number of carbonyl (C=O) groups is 1. The fourth-order valence-corrected chi connectivity index (χ4v) is 1.93. The Morgan fingerprint density at radius 3 is 2.72 bits per heavy atom. The maximum Gasteiger partial charge on any atom is 0.293 e. The topological polar surface area (TPSA) is 61.9 Å². The Hall–Kier alpha value is -1.39. The molecule has 1 heterocycles. The zero-order valence-corrected chi connectivity index (χ0v) is 11.4. The van der Waals surface area contributed by atoms with E-state index in [4.69, 9.17) is 0 Å². The summed E-state index contributed by atoms with van der Waals surface area (Å²) in [6.07, 6.45) is 3.47. The first-order valence-electron chi connectivity index (χ1n) is 6.83. The van der Waals surface area contributed by atoms with Gasteiger partial charge in [-0.15, -0.1) is 5.10 Å². The number of amides is 1. The maximum atomic E-state index is 12.3. The molecule has 5 heteroatoms. The number of rotatable bonds is 6. The highest BCUT2D eigenvalue weighted by Crippen LogP contribution is 2.30. The lowest BCUT2D eigenvalue weighted by atomic mass is 10.2. The van der Waals surface area contributed by atoms with Crippen LogP contribution in [0, 0.1) is 5.92 Å². The highest BCUT2D eigenvalue weighted by atomic mass is 16.2. The van der Waals surface area contributed by atoms with Crippen molar-refractivity contribution in [3.8, 4) is 0 Å². The highest BCUT2D eigenvalue weighted by molar-refractivity contribution is 5.90. The predicted octanol–water partition coefficient (Wildman–Crippen LogP) is 2.19. The molecule has 1 saturated carbocycles. The summed E-state index contributed by atoms with van der Waals surface area (Å²) in [5, 5.41) is 6.88. The van der Waals surface area contributed by atoms with E-state index in [1.165, 1.54) is 12.8 Å². The van der Waals surface area contributed by atoms with Crippen LogP contribution in [0.3, 0.4) is 0 Å². The molecule has 0 radical (unpaired) electrons. The molecule has 1 aromatic heterocycles. The molecular formula is C13H22N4O. The van der Waals surface area contributed by atoms with Gasteiger partial charge < -0.3 is 4.90 Å². The maximum absolute atomic E-state index is 12.3. The quantitative estimate of drug-likeness (QED) is 0.841. The summed E-state index contributed by atoms with van der Waals surface area (Å²) in [5.74, 6) is 2.02. The number of carbonyl (C=O) groups excluding carboxylic acids is 1. The minimum atomic E-state index is -0.0353. The normalized spacial score (nSPS) is 15.1. The Bertz CT molecular complexity index is 409. The van der Waals surface area contributed by atoms with Crippen molar-refractivity contribution in [2.24, 2.45) is 5.92 Å². The second-order valence-electron chi connectivity index (χ2n) is 5.39. The number of aromatic amines is 1. The van der Waals surface area contributed by atoms with Crippen molar-refractivity contribution in [1.82, 2.24) is 20.1 Å². The SMILES string of the molecule is CCCN(CC1CC1)C(=O)c1n[nH]c(C(C)C)n1. The van der Waals surface area contributed by atoms with E-state index in [9.17, 15) is 4.79 Å². The lowest BCUT2D eigenvalue weighted by Crippen LogP contribution is -2.34. The summed E-state index contributed by atoms with van der Waals surface area (Å²) in [6.45, 7) is 7.80. The monoisotopic (exact) mass is 250 g/mol. The lowest BCUT2D eigenvalue weighted by molar-refractivity contribution is 0.0736. The van der Waals surface area contributed by atoms with Crippen LogP contribution in [0.25, 0.3) is 0 Å². The first-order chi connectivity index (χ1) is 8.61. The number of aromatic nitrogens is 3. The number of H-pyrrole nitrogens is 1. The van der Waals surface area contributed by atoms with Crippen molar-refractivity contribution in [3.05, 3.63) is 11.6 Å². The van der Waals surface area contributed by atoms with E-state index in [0.717, 1.165) is 25.3 Å². The smallest absolute Gasteiger partial charge is 0.293 e. The molecule has 0 unspecified atom stereocenters. The highest BCUT2D eigenvalue weighted by Gasteiger charge is 2.28. The first kappa shape index (κ1) is 13.1. The largest absolute Gasteiger partial charge is 0.336 e. The molecule has 18 heavy (non-hydrogen) atoms. The third kappa shape index (κ3) is 3.09. The van der Waals surface area contributed by atoms with E-state index in [0.29, 0.717) is 11.7 Å². The van der Waals surface area contributed by atoms with E-state index in [1.54, 1.807) is 0 Å². The van der Waals surface area contributed by atoms with Crippen LogP contribution in [0.5, 0.6) is 0 Å². The lowest BCUT2D eigenvalue weighted by Gasteiger charge is -2.20. The van der Waals surface area contributed by atoms with Crippen LogP contribution in [0.4, 0.5) is 0 Å². The van der Waals surface area contributed by atoms with Gasteiger partial charge in [-0.25, -0.2) is 4.98 Å². The molecule has 0 aromatic carbocycles. The fourth-order valence-electron chi connectivity index (χ4n) is 1.93. The molecule has 100 valence electrons. The molecule has 1 aromatic rings. The van der Waals surface area contributed by atoms with Crippen LogP contribution in [0.15, 0.2) is 0 Å². The van der Waals surface area contributed by atoms with Gasteiger partial charge >= 0.3 is 0 Å². The van der Waals surface area contributed by atoms with Gasteiger partial charge in [-0.05, 0) is 25.2 Å². The van der Waals surface area contributed by atoms with E-state index in [-0.39, 0.29) is 11.8 Å². The second-order valence-corrected chi connectivity index (χ2v) is 5.39. The van der Waals surface area contributed by atoms with Gasteiger partial charge in [0.05, 0.1) is 0 Å². The van der Waals surface area contributed by atoms with E-state index < -0.39 is 0 Å². The third-order valence-electron chi connectivity index (χ3n) is 3.20. The molecule has 0 aliphatic heterocycles. The Balaban J connectivity index is 2.05. The summed E-state index contributed by atoms with van der Waals surface area (Å²) >= 11 is 0. The molecule has 0 spiro atoms. The van der Waals surface area contributed by atoms with Gasteiger partial charge in [-0.2, -0.15) is 0 Å². The van der Waals surface area contributed by atoms with Crippen LogP contribution in [0.2, 0.25) is 0 Å². The second kappa shape index (κ2) is 5.50. The van der Waals surface area contributed by atoms with Gasteiger partial charge in [0.1, 0.15) is 5.82 Å². The summed E-state index contributed by atoms with van der Waals surface area (Å²) in [5.41, 5.74) is 0. The molecule has 1 aliphatic carbocycles. The van der Waals surface area contributed by atoms with Gasteiger partial charge in [-0.3, -0.25) is 9.89 Å². The summed E-state index contributed by atoms with van der Waals surface area (Å²) in [6, 6.07) is 0. The van der Waals surface area contributed by atoms with E-state index in [1.807, 2.05) is 18.7 Å². The van der Waals surface area contributed by atoms with Crippen LogP contribution < -0.4 is 0 Å². The predicted molar refractivity (Wildman–Crippen MR) is 69.4 cm³/mol. The zero-order valence-electron chi connectivity index (χ0n) is 11.4. The molecule has 0 atom stereocenters. The molecule has 0 saturated heterocycles. The van der Waals surface area contributed by atoms with Gasteiger partial charge in [0.25, 0.3) is 5.91 Å². The number of hydrogen-bond acceptors (Lipinski definition) is 3. The van der Waals surface area contributed by atoms with Gasteiger partial charge in [0.2, 0.25) is 5.82 Å². The molecule has 1 fully saturated rings. The van der Waals surface area contributed by atoms with Crippen molar-refractivity contribution in [2.75, 3.05) is 13.1 Å². The van der Waals surface area contributed by atoms with Gasteiger partial charge in [-0.1, -0.05) is 20.8 Å². The van der Waals surface area contributed by atoms with Crippen molar-refractivity contribution >= 4 is 5.91 Å². The van der Waals surface area contributed by atoms with Crippen LogP contribution in [-0.2, 0) is 0 Å². The Kier molecular flexibility index (Phi) is 3.99. The molecular weight excluding hydrogens is 228 g/mol. The standard InChI is InChI=1S/C13H22N4O/c1-4-7-17(8-10-5-6-10)13(18)12-14-11(9(2)3)15-16-12/h9-10H,4-8H2,1-3H3,(H,14,15,16). The van der Waals surface area contributed by atoms with E-state index >= 15 is 0 Å². The van der Waals surface area contributed by atoms with Gasteiger partial charge in [0.15, 0.2) is 0 Å². The number of nitrogens with zero attached hydrogens (tertiary/aromatic N) is 3. The summed E-state index contributed by atoms with van der Waals surface area (Å²) in [7, 11) is 0. The molecule has 1 amide bonds. The number of hydrogen-bond donors (Lipinski definition) is 1. The van der Waals surface area contributed by atoms with Crippen LogP contribution in [0.1, 0.15) is 62.4 Å². The third-order valence-corrected chi connectivity index (χ3v) is 3.20. The fraction of sp³-hybridized carbons (Fsp3) is 0.769. The first-order valence-corrected chi connectivity index (χ1v) is 6.83. The zero-order chi connectivity index (χ0) is 13.1. The Morgan fingerprint density at radius 1 is 1.50 bits per heavy atom. The van der Waals surface area contributed by atoms with Crippen LogP contribution in [-0.4, -0.2) is 39.1 Å². The van der Waals surface area contributed by atoms with Crippen molar-refractivity contribution < 1.29 is 4.79 Å². The van der Waals surface area contributed by atoms with Crippen molar-refractivity contribution in [3.63, 3.8) is 0 Å². The molecule has 1 aliphatic rings. The van der Waals surface area contributed by atoms with Crippen molar-refractivity contribution in [2.45, 2.75) is 46.0 Å². The van der Waals surface area contributed by atoms with Gasteiger partial charge in [0, 0.05) is 19.0 Å². The Labute approximate surface area is 108 Å². The minimum Gasteiger partial charge on any atom is -0.336 e. The molecule has 5 nitrogen and oxygen atoms in total. The molecule has 1 N–H and O–H groups in total.